The maximum atomic E-state index is 11.1. The Morgan fingerprint density at radius 3 is 2.33 bits per heavy atom. The van der Waals surface area contributed by atoms with Crippen LogP contribution in [0, 0.1) is 0 Å². The third-order valence-corrected chi connectivity index (χ3v) is 3.02. The molecule has 0 aromatic heterocycles. The van der Waals surface area contributed by atoms with Crippen LogP contribution in [0.2, 0.25) is 0 Å². The first-order valence-corrected chi connectivity index (χ1v) is 7.08. The van der Waals surface area contributed by atoms with Crippen LogP contribution in [0.25, 0.3) is 0 Å². The van der Waals surface area contributed by atoms with Crippen LogP contribution in [0.3, 0.4) is 0 Å². The maximum absolute atomic E-state index is 11.1. The Morgan fingerprint density at radius 1 is 1.20 bits per heavy atom. The number of phosphoric ester groups is 1. The van der Waals surface area contributed by atoms with E-state index in [1.807, 2.05) is 0 Å². The molecule has 5 heteroatoms. The highest BCUT2D eigenvalue weighted by Crippen LogP contribution is 2.39. The van der Waals surface area contributed by atoms with Crippen molar-refractivity contribution >= 4 is 7.82 Å². The SMILES string of the molecule is CCCCCCCOP(=O)([O-])OC(C)C. The van der Waals surface area contributed by atoms with Crippen LogP contribution < -0.4 is 4.89 Å². The van der Waals surface area contributed by atoms with Gasteiger partial charge in [0.05, 0.1) is 12.7 Å². The van der Waals surface area contributed by atoms with Gasteiger partial charge in [0.25, 0.3) is 7.82 Å². The average molecular weight is 237 g/mol. The summed E-state index contributed by atoms with van der Waals surface area (Å²) in [6, 6.07) is 0. The lowest BCUT2D eigenvalue weighted by molar-refractivity contribution is -0.228. The summed E-state index contributed by atoms with van der Waals surface area (Å²) >= 11 is 0. The molecule has 0 amide bonds. The van der Waals surface area contributed by atoms with Gasteiger partial charge in [0, 0.05) is 0 Å². The van der Waals surface area contributed by atoms with E-state index >= 15 is 0 Å². The van der Waals surface area contributed by atoms with Crippen LogP contribution in [0.5, 0.6) is 0 Å². The summed E-state index contributed by atoms with van der Waals surface area (Å²) in [4.78, 5) is 11.1. The van der Waals surface area contributed by atoms with Crippen molar-refractivity contribution in [1.29, 1.82) is 0 Å². The molecule has 15 heavy (non-hydrogen) atoms. The Kier molecular flexibility index (Phi) is 8.34. The van der Waals surface area contributed by atoms with E-state index in [9.17, 15) is 9.46 Å². The smallest absolute Gasteiger partial charge is 0.268 e. The summed E-state index contributed by atoms with van der Waals surface area (Å²) < 4.78 is 20.5. The van der Waals surface area contributed by atoms with Crippen molar-refractivity contribution in [3.05, 3.63) is 0 Å². The molecule has 0 saturated heterocycles. The van der Waals surface area contributed by atoms with Gasteiger partial charge in [-0.25, -0.2) is 0 Å². The molecular weight excluding hydrogens is 215 g/mol. The molecule has 0 fully saturated rings. The summed E-state index contributed by atoms with van der Waals surface area (Å²) in [7, 11) is -4.05. The molecule has 4 nitrogen and oxygen atoms in total. The molecule has 92 valence electrons. The van der Waals surface area contributed by atoms with Crippen molar-refractivity contribution in [2.75, 3.05) is 6.61 Å². The molecule has 0 heterocycles. The third kappa shape index (κ3) is 10.4. The zero-order valence-corrected chi connectivity index (χ0v) is 10.8. The van der Waals surface area contributed by atoms with Gasteiger partial charge in [-0.3, -0.25) is 4.57 Å². The molecule has 1 unspecified atom stereocenters. The molecule has 0 rings (SSSR count). The highest BCUT2D eigenvalue weighted by Gasteiger charge is 2.10. The van der Waals surface area contributed by atoms with E-state index in [1.54, 1.807) is 13.8 Å². The summed E-state index contributed by atoms with van der Waals surface area (Å²) in [5.41, 5.74) is 0. The standard InChI is InChI=1S/C10H23O4P/c1-4-5-6-7-8-9-13-15(11,12)14-10(2)3/h10H,4-9H2,1-3H3,(H,11,12)/p-1. The van der Waals surface area contributed by atoms with Gasteiger partial charge < -0.3 is 13.9 Å². The highest BCUT2D eigenvalue weighted by molar-refractivity contribution is 7.45. The minimum atomic E-state index is -4.05. The lowest BCUT2D eigenvalue weighted by Gasteiger charge is -2.24. The molecule has 0 aliphatic rings. The molecular formula is C10H22O4P-. The Morgan fingerprint density at radius 2 is 1.80 bits per heavy atom. The minimum absolute atomic E-state index is 0.233. The third-order valence-electron chi connectivity index (χ3n) is 1.84. The van der Waals surface area contributed by atoms with E-state index in [-0.39, 0.29) is 12.7 Å². The molecule has 0 bridgehead atoms. The normalized spacial score (nSPS) is 15.5. The largest absolute Gasteiger partial charge is 0.756 e. The quantitative estimate of drug-likeness (QED) is 0.457. The van der Waals surface area contributed by atoms with Gasteiger partial charge in [-0.15, -0.1) is 0 Å². The Balaban J connectivity index is 3.45. The first-order chi connectivity index (χ1) is 6.98. The van der Waals surface area contributed by atoms with E-state index < -0.39 is 7.82 Å². The average Bonchev–Trinajstić information content (AvgIpc) is 2.08. The Labute approximate surface area is 92.6 Å². The fraction of sp³-hybridized carbons (Fsp3) is 1.00. The second kappa shape index (κ2) is 8.28. The number of rotatable bonds is 9. The van der Waals surface area contributed by atoms with E-state index in [0.29, 0.717) is 0 Å². The Hall–Kier alpha value is 0.110. The molecule has 0 saturated carbocycles. The van der Waals surface area contributed by atoms with Crippen molar-refractivity contribution in [1.82, 2.24) is 0 Å². The van der Waals surface area contributed by atoms with Crippen LogP contribution in [0.1, 0.15) is 52.9 Å². The summed E-state index contributed by atoms with van der Waals surface area (Å²) in [6.45, 7) is 5.69. The summed E-state index contributed by atoms with van der Waals surface area (Å²) in [6.07, 6.45) is 4.93. The van der Waals surface area contributed by atoms with Crippen molar-refractivity contribution in [2.24, 2.45) is 0 Å². The summed E-state index contributed by atoms with van der Waals surface area (Å²) in [5, 5.41) is 0. The molecule has 0 aromatic carbocycles. The molecule has 0 aliphatic carbocycles. The van der Waals surface area contributed by atoms with E-state index in [2.05, 4.69) is 11.4 Å². The molecule has 0 spiro atoms. The van der Waals surface area contributed by atoms with E-state index in [4.69, 9.17) is 4.52 Å². The predicted octanol–water partition coefficient (Wildman–Crippen LogP) is 2.87. The molecule has 0 aromatic rings. The van der Waals surface area contributed by atoms with Crippen LogP contribution in [-0.2, 0) is 13.6 Å². The van der Waals surface area contributed by atoms with Crippen LogP contribution in [0.4, 0.5) is 0 Å². The van der Waals surface area contributed by atoms with E-state index in [1.165, 1.54) is 12.8 Å². The van der Waals surface area contributed by atoms with Crippen molar-refractivity contribution < 1.29 is 18.5 Å². The zero-order valence-electron chi connectivity index (χ0n) is 9.90. The first-order valence-electron chi connectivity index (χ1n) is 5.62. The van der Waals surface area contributed by atoms with Gasteiger partial charge in [0.2, 0.25) is 0 Å². The lowest BCUT2D eigenvalue weighted by Crippen LogP contribution is -2.13. The van der Waals surface area contributed by atoms with Gasteiger partial charge >= 0.3 is 0 Å². The predicted molar refractivity (Wildman–Crippen MR) is 58.5 cm³/mol. The number of phosphoric acid groups is 1. The van der Waals surface area contributed by atoms with Crippen LogP contribution >= 0.6 is 7.82 Å². The van der Waals surface area contributed by atoms with Gasteiger partial charge in [-0.05, 0) is 20.3 Å². The number of hydrogen-bond donors (Lipinski definition) is 0. The van der Waals surface area contributed by atoms with Crippen molar-refractivity contribution in [2.45, 2.75) is 59.0 Å². The summed E-state index contributed by atoms with van der Waals surface area (Å²) in [5.74, 6) is 0. The Bertz CT molecular complexity index is 194. The monoisotopic (exact) mass is 237 g/mol. The number of unbranched alkanes of at least 4 members (excludes halogenated alkanes) is 4. The van der Waals surface area contributed by atoms with Gasteiger partial charge in [0.15, 0.2) is 0 Å². The second-order valence-corrected chi connectivity index (χ2v) is 5.21. The van der Waals surface area contributed by atoms with Gasteiger partial charge in [-0.2, -0.15) is 0 Å². The van der Waals surface area contributed by atoms with Gasteiger partial charge in [-0.1, -0.05) is 32.6 Å². The van der Waals surface area contributed by atoms with Crippen LogP contribution in [-0.4, -0.2) is 12.7 Å². The first kappa shape index (κ1) is 15.1. The topological polar surface area (TPSA) is 58.6 Å². The van der Waals surface area contributed by atoms with Gasteiger partial charge in [0.1, 0.15) is 0 Å². The molecule has 0 N–H and O–H groups in total. The van der Waals surface area contributed by atoms with Crippen LogP contribution in [0.15, 0.2) is 0 Å². The minimum Gasteiger partial charge on any atom is -0.756 e. The highest BCUT2D eigenvalue weighted by atomic mass is 31.2. The maximum Gasteiger partial charge on any atom is 0.268 e. The second-order valence-electron chi connectivity index (χ2n) is 3.85. The number of hydrogen-bond acceptors (Lipinski definition) is 4. The van der Waals surface area contributed by atoms with Crippen molar-refractivity contribution in [3.8, 4) is 0 Å². The fourth-order valence-electron chi connectivity index (χ4n) is 1.17. The fourth-order valence-corrected chi connectivity index (χ4v) is 2.10. The van der Waals surface area contributed by atoms with Crippen molar-refractivity contribution in [3.63, 3.8) is 0 Å². The molecule has 1 atom stereocenters. The molecule has 0 radical (unpaired) electrons. The molecule has 0 aliphatic heterocycles. The van der Waals surface area contributed by atoms with E-state index in [0.717, 1.165) is 19.3 Å². The lowest BCUT2D eigenvalue weighted by atomic mass is 10.2. The zero-order chi connectivity index (χ0) is 11.7.